The molecule has 0 atom stereocenters. The van der Waals surface area contributed by atoms with Crippen LogP contribution < -0.4 is 4.74 Å². The second-order valence-electron chi connectivity index (χ2n) is 3.27. The Labute approximate surface area is 89.3 Å². The average molecular weight is 202 g/mol. The first-order valence-corrected chi connectivity index (χ1v) is 5.13. The van der Waals surface area contributed by atoms with Crippen molar-refractivity contribution in [2.45, 2.75) is 13.3 Å². The number of nitrogens with zero attached hydrogens (tertiary/aromatic N) is 2. The molecule has 0 saturated carbocycles. The molecule has 0 saturated heterocycles. The molecule has 0 aliphatic carbocycles. The summed E-state index contributed by atoms with van der Waals surface area (Å²) in [5.74, 6) is 0.878. The monoisotopic (exact) mass is 202 g/mol. The van der Waals surface area contributed by atoms with Crippen molar-refractivity contribution in [3.8, 4) is 11.4 Å². The van der Waals surface area contributed by atoms with Gasteiger partial charge in [0.05, 0.1) is 6.61 Å². The normalized spacial score (nSPS) is 10.2. The zero-order valence-corrected chi connectivity index (χ0v) is 8.76. The molecule has 3 heteroatoms. The first kappa shape index (κ1) is 9.77. The van der Waals surface area contributed by atoms with Crippen molar-refractivity contribution >= 4 is 0 Å². The molecule has 78 valence electrons. The molecule has 0 bridgehead atoms. The second kappa shape index (κ2) is 4.64. The lowest BCUT2D eigenvalue weighted by Crippen LogP contribution is -2.01. The lowest BCUT2D eigenvalue weighted by Gasteiger charge is -2.10. The van der Waals surface area contributed by atoms with E-state index < -0.39 is 0 Å². The van der Waals surface area contributed by atoms with E-state index >= 15 is 0 Å². The quantitative estimate of drug-likeness (QED) is 0.762. The van der Waals surface area contributed by atoms with E-state index in [1.807, 2.05) is 41.2 Å². The minimum Gasteiger partial charge on any atom is -0.491 e. The van der Waals surface area contributed by atoms with Gasteiger partial charge in [0.15, 0.2) is 0 Å². The van der Waals surface area contributed by atoms with E-state index in [1.165, 1.54) is 0 Å². The molecule has 0 N–H and O–H groups in total. The van der Waals surface area contributed by atoms with Gasteiger partial charge in [0.2, 0.25) is 0 Å². The van der Waals surface area contributed by atoms with Gasteiger partial charge in [-0.3, -0.25) is 0 Å². The Morgan fingerprint density at radius 2 is 2.13 bits per heavy atom. The molecule has 2 rings (SSSR count). The Kier molecular flexibility index (Phi) is 3.02. The molecule has 1 aromatic carbocycles. The summed E-state index contributed by atoms with van der Waals surface area (Å²) in [6.07, 6.45) is 4.68. The Morgan fingerprint density at radius 1 is 1.27 bits per heavy atom. The zero-order chi connectivity index (χ0) is 10.5. The molecule has 0 amide bonds. The maximum atomic E-state index is 5.65. The molecule has 3 nitrogen and oxygen atoms in total. The highest BCUT2D eigenvalue weighted by molar-refractivity contribution is 5.45. The number of benzene rings is 1. The van der Waals surface area contributed by atoms with E-state index in [2.05, 4.69) is 12.0 Å². The van der Waals surface area contributed by atoms with Crippen molar-refractivity contribution < 1.29 is 4.74 Å². The molecular formula is C12H14N2O. The zero-order valence-electron chi connectivity index (χ0n) is 8.76. The SMILES string of the molecule is CCCOc1ccccc1-n1cccn1. The second-order valence-corrected chi connectivity index (χ2v) is 3.27. The third-order valence-electron chi connectivity index (χ3n) is 2.08. The summed E-state index contributed by atoms with van der Waals surface area (Å²) in [6, 6.07) is 9.81. The third-order valence-corrected chi connectivity index (χ3v) is 2.08. The predicted molar refractivity (Wildman–Crippen MR) is 59.4 cm³/mol. The number of rotatable bonds is 4. The van der Waals surface area contributed by atoms with Crippen molar-refractivity contribution in [3.63, 3.8) is 0 Å². The Bertz CT molecular complexity index is 409. The first-order chi connectivity index (χ1) is 7.42. The summed E-state index contributed by atoms with van der Waals surface area (Å²) < 4.78 is 7.46. The van der Waals surface area contributed by atoms with Crippen molar-refractivity contribution in [1.82, 2.24) is 9.78 Å². The van der Waals surface area contributed by atoms with Crippen molar-refractivity contribution in [2.24, 2.45) is 0 Å². The first-order valence-electron chi connectivity index (χ1n) is 5.13. The average Bonchev–Trinajstić information content (AvgIpc) is 2.80. The fourth-order valence-corrected chi connectivity index (χ4v) is 1.39. The summed E-state index contributed by atoms with van der Waals surface area (Å²) in [6.45, 7) is 2.83. The van der Waals surface area contributed by atoms with Gasteiger partial charge in [-0.15, -0.1) is 0 Å². The Balaban J connectivity index is 2.30. The van der Waals surface area contributed by atoms with Gasteiger partial charge in [-0.25, -0.2) is 4.68 Å². The van der Waals surface area contributed by atoms with Crippen LogP contribution in [0.2, 0.25) is 0 Å². The molecule has 0 aliphatic rings. The summed E-state index contributed by atoms with van der Waals surface area (Å²) in [5.41, 5.74) is 0.982. The van der Waals surface area contributed by atoms with Gasteiger partial charge in [0, 0.05) is 12.4 Å². The number of ether oxygens (including phenoxy) is 1. The third kappa shape index (κ3) is 2.18. The summed E-state index contributed by atoms with van der Waals surface area (Å²) in [5, 5.41) is 4.19. The number of aromatic nitrogens is 2. The van der Waals surface area contributed by atoms with E-state index in [1.54, 1.807) is 6.20 Å². The fraction of sp³-hybridized carbons (Fsp3) is 0.250. The van der Waals surface area contributed by atoms with E-state index in [0.717, 1.165) is 24.5 Å². The van der Waals surface area contributed by atoms with Gasteiger partial charge in [-0.05, 0) is 24.6 Å². The van der Waals surface area contributed by atoms with Crippen molar-refractivity contribution in [3.05, 3.63) is 42.7 Å². The van der Waals surface area contributed by atoms with Crippen LogP contribution in [0, 0.1) is 0 Å². The Hall–Kier alpha value is -1.77. The van der Waals surface area contributed by atoms with Crippen LogP contribution in [0.4, 0.5) is 0 Å². The van der Waals surface area contributed by atoms with Crippen LogP contribution in [0.25, 0.3) is 5.69 Å². The highest BCUT2D eigenvalue weighted by Gasteiger charge is 2.03. The minimum absolute atomic E-state index is 0.734. The number of para-hydroxylation sites is 2. The van der Waals surface area contributed by atoms with Crippen molar-refractivity contribution in [1.29, 1.82) is 0 Å². The van der Waals surface area contributed by atoms with Crippen LogP contribution in [-0.2, 0) is 0 Å². The maximum absolute atomic E-state index is 5.65. The van der Waals surface area contributed by atoms with Gasteiger partial charge in [-0.1, -0.05) is 19.1 Å². The van der Waals surface area contributed by atoms with Crippen LogP contribution in [0.15, 0.2) is 42.7 Å². The van der Waals surface area contributed by atoms with Crippen LogP contribution in [0.1, 0.15) is 13.3 Å². The topological polar surface area (TPSA) is 27.1 Å². The molecule has 15 heavy (non-hydrogen) atoms. The Morgan fingerprint density at radius 3 is 2.87 bits per heavy atom. The van der Waals surface area contributed by atoms with E-state index in [9.17, 15) is 0 Å². The smallest absolute Gasteiger partial charge is 0.144 e. The molecule has 1 aromatic heterocycles. The van der Waals surface area contributed by atoms with Crippen LogP contribution in [0.3, 0.4) is 0 Å². The molecule has 0 fully saturated rings. The molecule has 2 aromatic rings. The molecule has 0 unspecified atom stereocenters. The van der Waals surface area contributed by atoms with Crippen LogP contribution in [0.5, 0.6) is 5.75 Å². The number of hydrogen-bond acceptors (Lipinski definition) is 2. The lowest BCUT2D eigenvalue weighted by atomic mass is 10.3. The largest absolute Gasteiger partial charge is 0.491 e. The van der Waals surface area contributed by atoms with Crippen LogP contribution in [-0.4, -0.2) is 16.4 Å². The highest BCUT2D eigenvalue weighted by Crippen LogP contribution is 2.21. The molecule has 0 radical (unpaired) electrons. The van der Waals surface area contributed by atoms with Crippen LogP contribution >= 0.6 is 0 Å². The predicted octanol–water partition coefficient (Wildman–Crippen LogP) is 2.66. The maximum Gasteiger partial charge on any atom is 0.144 e. The van der Waals surface area contributed by atoms with Crippen molar-refractivity contribution in [2.75, 3.05) is 6.61 Å². The summed E-state index contributed by atoms with van der Waals surface area (Å²) in [7, 11) is 0. The summed E-state index contributed by atoms with van der Waals surface area (Å²) >= 11 is 0. The summed E-state index contributed by atoms with van der Waals surface area (Å²) in [4.78, 5) is 0. The molecule has 1 heterocycles. The standard InChI is InChI=1S/C12H14N2O/c1-2-10-15-12-7-4-3-6-11(12)14-9-5-8-13-14/h3-9H,2,10H2,1H3. The fourth-order valence-electron chi connectivity index (χ4n) is 1.39. The van der Waals surface area contributed by atoms with E-state index in [-0.39, 0.29) is 0 Å². The highest BCUT2D eigenvalue weighted by atomic mass is 16.5. The van der Waals surface area contributed by atoms with E-state index in [0.29, 0.717) is 0 Å². The minimum atomic E-state index is 0.734. The van der Waals surface area contributed by atoms with Gasteiger partial charge >= 0.3 is 0 Å². The molecule has 0 spiro atoms. The van der Waals surface area contributed by atoms with Gasteiger partial charge in [0.1, 0.15) is 11.4 Å². The van der Waals surface area contributed by atoms with Gasteiger partial charge in [-0.2, -0.15) is 5.10 Å². The van der Waals surface area contributed by atoms with Gasteiger partial charge in [0.25, 0.3) is 0 Å². The molecule has 0 aliphatic heterocycles. The molecular weight excluding hydrogens is 188 g/mol. The number of hydrogen-bond donors (Lipinski definition) is 0. The van der Waals surface area contributed by atoms with Gasteiger partial charge < -0.3 is 4.74 Å². The lowest BCUT2D eigenvalue weighted by molar-refractivity contribution is 0.316. The van der Waals surface area contributed by atoms with E-state index in [4.69, 9.17) is 4.74 Å².